The molecule has 0 aliphatic rings. The van der Waals surface area contributed by atoms with Crippen LogP contribution >= 0.6 is 0 Å². The quantitative estimate of drug-likeness (QED) is 0.605. The Hall–Kier alpha value is -0.0800. The molecule has 0 saturated heterocycles. The minimum atomic E-state index is 0.0310. The molecular weight excluding hydrogens is 128 g/mol. The van der Waals surface area contributed by atoms with E-state index in [1.165, 1.54) is 0 Å². The predicted molar refractivity (Wildman–Crippen MR) is 41.5 cm³/mol. The summed E-state index contributed by atoms with van der Waals surface area (Å²) in [6.45, 7) is 4.32. The molecule has 1 radical (unpaired) electrons. The van der Waals surface area contributed by atoms with Gasteiger partial charge in [0.25, 0.3) is 0 Å². The molecular formula is C8H17O2. The fourth-order valence-electron chi connectivity index (χ4n) is 0.701. The standard InChI is InChI=1S/C8H17O2/c1-7(2)3-4-8(5-9)6-10/h7,9-10H,3-6H2,1-2H3. The van der Waals surface area contributed by atoms with Gasteiger partial charge in [-0.2, -0.15) is 0 Å². The Morgan fingerprint density at radius 1 is 1.20 bits per heavy atom. The minimum Gasteiger partial charge on any atom is -0.396 e. The molecule has 2 nitrogen and oxygen atoms in total. The number of hydrogen-bond acceptors (Lipinski definition) is 2. The molecule has 0 aliphatic heterocycles. The highest BCUT2D eigenvalue weighted by molar-refractivity contribution is 4.87. The zero-order valence-electron chi connectivity index (χ0n) is 6.80. The van der Waals surface area contributed by atoms with E-state index in [-0.39, 0.29) is 13.2 Å². The summed E-state index contributed by atoms with van der Waals surface area (Å²) in [4.78, 5) is 0. The summed E-state index contributed by atoms with van der Waals surface area (Å²) < 4.78 is 0. The van der Waals surface area contributed by atoms with E-state index in [1.54, 1.807) is 0 Å². The van der Waals surface area contributed by atoms with Crippen LogP contribution in [0.1, 0.15) is 26.7 Å². The second-order valence-corrected chi connectivity index (χ2v) is 3.00. The van der Waals surface area contributed by atoms with Crippen LogP contribution in [0.3, 0.4) is 0 Å². The molecule has 0 fully saturated rings. The maximum absolute atomic E-state index is 8.64. The first-order chi connectivity index (χ1) is 4.70. The van der Waals surface area contributed by atoms with Crippen LogP contribution in [0.4, 0.5) is 0 Å². The molecule has 0 bridgehead atoms. The Morgan fingerprint density at radius 3 is 2.00 bits per heavy atom. The first-order valence-corrected chi connectivity index (χ1v) is 3.76. The van der Waals surface area contributed by atoms with Gasteiger partial charge >= 0.3 is 0 Å². The fourth-order valence-corrected chi connectivity index (χ4v) is 0.701. The van der Waals surface area contributed by atoms with Crippen molar-refractivity contribution >= 4 is 0 Å². The molecule has 0 rings (SSSR count). The van der Waals surface area contributed by atoms with Gasteiger partial charge in [-0.05, 0) is 12.3 Å². The number of rotatable bonds is 5. The molecule has 0 spiro atoms. The van der Waals surface area contributed by atoms with Crippen molar-refractivity contribution in [3.05, 3.63) is 5.92 Å². The second-order valence-electron chi connectivity index (χ2n) is 3.00. The summed E-state index contributed by atoms with van der Waals surface area (Å²) in [7, 11) is 0. The van der Waals surface area contributed by atoms with E-state index >= 15 is 0 Å². The van der Waals surface area contributed by atoms with E-state index in [9.17, 15) is 0 Å². The van der Waals surface area contributed by atoms with E-state index in [0.717, 1.165) is 18.8 Å². The molecule has 0 heterocycles. The van der Waals surface area contributed by atoms with Gasteiger partial charge in [-0.15, -0.1) is 0 Å². The van der Waals surface area contributed by atoms with Gasteiger partial charge in [0.05, 0.1) is 13.2 Å². The maximum atomic E-state index is 8.64. The zero-order valence-corrected chi connectivity index (χ0v) is 6.80. The van der Waals surface area contributed by atoms with Gasteiger partial charge in [-0.1, -0.05) is 20.3 Å². The summed E-state index contributed by atoms with van der Waals surface area (Å²) in [6, 6.07) is 0. The molecule has 2 heteroatoms. The van der Waals surface area contributed by atoms with Gasteiger partial charge in [-0.3, -0.25) is 0 Å². The van der Waals surface area contributed by atoms with Gasteiger partial charge in [0.1, 0.15) is 0 Å². The van der Waals surface area contributed by atoms with Gasteiger partial charge < -0.3 is 10.2 Å². The van der Waals surface area contributed by atoms with Crippen LogP contribution in [-0.2, 0) is 0 Å². The van der Waals surface area contributed by atoms with E-state index in [2.05, 4.69) is 13.8 Å². The van der Waals surface area contributed by atoms with E-state index in [4.69, 9.17) is 10.2 Å². The molecule has 0 aromatic heterocycles. The van der Waals surface area contributed by atoms with Crippen molar-refractivity contribution in [3.8, 4) is 0 Å². The Balaban J connectivity index is 3.26. The van der Waals surface area contributed by atoms with Crippen LogP contribution in [0.2, 0.25) is 0 Å². The van der Waals surface area contributed by atoms with Gasteiger partial charge in [0.2, 0.25) is 0 Å². The molecule has 0 unspecified atom stereocenters. The molecule has 0 aliphatic carbocycles. The summed E-state index contributed by atoms with van der Waals surface area (Å²) >= 11 is 0. The van der Waals surface area contributed by atoms with Crippen molar-refractivity contribution in [3.63, 3.8) is 0 Å². The summed E-state index contributed by atoms with van der Waals surface area (Å²) in [5, 5.41) is 17.3. The fraction of sp³-hybridized carbons (Fsp3) is 0.875. The average molecular weight is 145 g/mol. The first-order valence-electron chi connectivity index (χ1n) is 3.76. The van der Waals surface area contributed by atoms with Crippen molar-refractivity contribution in [2.24, 2.45) is 5.92 Å². The summed E-state index contributed by atoms with van der Waals surface area (Å²) in [5.74, 6) is 1.49. The molecule has 0 aromatic rings. The molecule has 0 saturated carbocycles. The Labute approximate surface area is 62.9 Å². The van der Waals surface area contributed by atoms with Gasteiger partial charge in [0, 0.05) is 5.92 Å². The molecule has 2 N–H and O–H groups in total. The van der Waals surface area contributed by atoms with Crippen molar-refractivity contribution in [1.82, 2.24) is 0 Å². The van der Waals surface area contributed by atoms with Crippen LogP contribution < -0.4 is 0 Å². The third-order valence-corrected chi connectivity index (χ3v) is 1.52. The topological polar surface area (TPSA) is 40.5 Å². The van der Waals surface area contributed by atoms with Crippen molar-refractivity contribution < 1.29 is 10.2 Å². The third-order valence-electron chi connectivity index (χ3n) is 1.52. The van der Waals surface area contributed by atoms with Crippen LogP contribution in [0.15, 0.2) is 0 Å². The lowest BCUT2D eigenvalue weighted by Crippen LogP contribution is -2.09. The highest BCUT2D eigenvalue weighted by Gasteiger charge is 2.06. The summed E-state index contributed by atoms with van der Waals surface area (Å²) in [5.41, 5.74) is 0. The molecule has 0 amide bonds. The van der Waals surface area contributed by atoms with Crippen LogP contribution in [-0.4, -0.2) is 23.4 Å². The molecule has 10 heavy (non-hydrogen) atoms. The smallest absolute Gasteiger partial charge is 0.0516 e. The SMILES string of the molecule is CC(C)CC[C](CO)CO. The monoisotopic (exact) mass is 145 g/mol. The second kappa shape index (κ2) is 5.69. The summed E-state index contributed by atoms with van der Waals surface area (Å²) in [6.07, 6.45) is 1.90. The van der Waals surface area contributed by atoms with Crippen LogP contribution in [0.5, 0.6) is 0 Å². The van der Waals surface area contributed by atoms with Crippen molar-refractivity contribution in [2.75, 3.05) is 13.2 Å². The first kappa shape index (κ1) is 9.92. The van der Waals surface area contributed by atoms with Crippen LogP contribution in [0, 0.1) is 11.8 Å². The van der Waals surface area contributed by atoms with Gasteiger partial charge in [-0.25, -0.2) is 0 Å². The minimum absolute atomic E-state index is 0.0310. The number of aliphatic hydroxyl groups excluding tert-OH is 2. The molecule has 0 atom stereocenters. The molecule has 0 aromatic carbocycles. The Bertz CT molecular complexity index is 67.7. The van der Waals surface area contributed by atoms with E-state index in [0.29, 0.717) is 5.92 Å². The van der Waals surface area contributed by atoms with Crippen molar-refractivity contribution in [1.29, 1.82) is 0 Å². The highest BCUT2D eigenvalue weighted by atomic mass is 16.3. The van der Waals surface area contributed by atoms with E-state index in [1.807, 2.05) is 0 Å². The lowest BCUT2D eigenvalue weighted by molar-refractivity contribution is 0.232. The Kier molecular flexibility index (Phi) is 5.64. The number of aliphatic hydroxyl groups is 2. The Morgan fingerprint density at radius 2 is 1.70 bits per heavy atom. The van der Waals surface area contributed by atoms with E-state index < -0.39 is 0 Å². The van der Waals surface area contributed by atoms with Gasteiger partial charge in [0.15, 0.2) is 0 Å². The third kappa shape index (κ3) is 4.77. The highest BCUT2D eigenvalue weighted by Crippen LogP contribution is 2.12. The normalized spacial score (nSPS) is 11.4. The van der Waals surface area contributed by atoms with Crippen molar-refractivity contribution in [2.45, 2.75) is 26.7 Å². The van der Waals surface area contributed by atoms with Crippen LogP contribution in [0.25, 0.3) is 0 Å². The lowest BCUT2D eigenvalue weighted by atomic mass is 9.99. The maximum Gasteiger partial charge on any atom is 0.0516 e. The predicted octanol–water partition coefficient (Wildman–Crippen LogP) is 0.982. The average Bonchev–Trinajstić information content (AvgIpc) is 1.90. The largest absolute Gasteiger partial charge is 0.396 e. The zero-order chi connectivity index (χ0) is 7.98. The molecule has 61 valence electrons. The number of hydrogen-bond donors (Lipinski definition) is 2. The lowest BCUT2D eigenvalue weighted by Gasteiger charge is -2.10.